The Morgan fingerprint density at radius 3 is 2.85 bits per heavy atom. The van der Waals surface area contributed by atoms with E-state index in [-0.39, 0.29) is 0 Å². The maximum absolute atomic E-state index is 5.72. The Kier molecular flexibility index (Phi) is 6.42. The van der Waals surface area contributed by atoms with Crippen LogP contribution >= 0.6 is 16.3 Å². The molecule has 0 N–H and O–H groups in total. The Bertz CT molecular complexity index is 416. The molecular formula is C14H20BrNO4. The SMILES string of the molecule is CN(CCCCOBr)CCOc1ccc2c(c1)OCO2. The van der Waals surface area contributed by atoms with E-state index < -0.39 is 0 Å². The van der Waals surface area contributed by atoms with E-state index in [9.17, 15) is 0 Å². The molecule has 1 aliphatic heterocycles. The number of nitrogens with zero attached hydrogens (tertiary/aromatic N) is 1. The molecule has 0 atom stereocenters. The molecule has 1 aromatic carbocycles. The van der Waals surface area contributed by atoms with E-state index in [2.05, 4.69) is 28.2 Å². The van der Waals surface area contributed by atoms with Crippen LogP contribution in [0.15, 0.2) is 18.2 Å². The average Bonchev–Trinajstić information content (AvgIpc) is 2.91. The van der Waals surface area contributed by atoms with Crippen LogP contribution in [-0.2, 0) is 3.83 Å². The minimum atomic E-state index is 0.291. The molecule has 2 rings (SSSR count). The second-order valence-corrected chi connectivity index (χ2v) is 5.14. The molecule has 0 saturated carbocycles. The van der Waals surface area contributed by atoms with E-state index in [1.165, 1.54) is 0 Å². The normalized spacial score (nSPS) is 12.9. The lowest BCUT2D eigenvalue weighted by atomic mass is 10.3. The summed E-state index contributed by atoms with van der Waals surface area (Å²) in [6.45, 7) is 3.64. The van der Waals surface area contributed by atoms with Crippen LogP contribution in [0.5, 0.6) is 17.2 Å². The number of benzene rings is 1. The van der Waals surface area contributed by atoms with Crippen molar-refractivity contribution in [1.29, 1.82) is 0 Å². The number of fused-ring (bicyclic) bond motifs is 1. The first-order valence-corrected chi connectivity index (χ1v) is 7.39. The van der Waals surface area contributed by atoms with Gasteiger partial charge in [-0.3, -0.25) is 0 Å². The predicted octanol–water partition coefficient (Wildman–Crippen LogP) is 2.83. The van der Waals surface area contributed by atoms with Crippen LogP contribution in [0.25, 0.3) is 0 Å². The third-order valence-corrected chi connectivity index (χ3v) is 3.42. The van der Waals surface area contributed by atoms with Gasteiger partial charge in [0, 0.05) is 12.6 Å². The lowest BCUT2D eigenvalue weighted by molar-refractivity contribution is 0.173. The molecule has 0 amide bonds. The fourth-order valence-electron chi connectivity index (χ4n) is 1.94. The lowest BCUT2D eigenvalue weighted by Gasteiger charge is -2.16. The monoisotopic (exact) mass is 345 g/mol. The Balaban J connectivity index is 1.63. The van der Waals surface area contributed by atoms with Crippen LogP contribution in [0.3, 0.4) is 0 Å². The van der Waals surface area contributed by atoms with Gasteiger partial charge in [-0.05, 0) is 38.6 Å². The quantitative estimate of drug-likeness (QED) is 0.643. The molecule has 0 spiro atoms. The summed E-state index contributed by atoms with van der Waals surface area (Å²) in [5.41, 5.74) is 0. The fourth-order valence-corrected chi connectivity index (χ4v) is 2.17. The number of rotatable bonds is 9. The molecule has 0 bridgehead atoms. The zero-order valence-electron chi connectivity index (χ0n) is 11.6. The number of hydrogen-bond donors (Lipinski definition) is 0. The van der Waals surface area contributed by atoms with Crippen LogP contribution in [0.1, 0.15) is 12.8 Å². The van der Waals surface area contributed by atoms with E-state index in [1.54, 1.807) is 0 Å². The standard InChI is InChI=1S/C14H20BrNO4/c1-16(6-2-3-8-20-15)7-9-17-12-4-5-13-14(10-12)19-11-18-13/h4-5,10H,2-3,6-9,11H2,1H3. The molecule has 0 aromatic heterocycles. The van der Waals surface area contributed by atoms with Crippen molar-refractivity contribution in [2.24, 2.45) is 0 Å². The highest BCUT2D eigenvalue weighted by atomic mass is 79.9. The van der Waals surface area contributed by atoms with Crippen molar-refractivity contribution >= 4 is 16.3 Å². The van der Waals surface area contributed by atoms with Gasteiger partial charge < -0.3 is 22.9 Å². The van der Waals surface area contributed by atoms with Gasteiger partial charge in [-0.2, -0.15) is 0 Å². The molecule has 0 fully saturated rings. The second kappa shape index (κ2) is 8.34. The first kappa shape index (κ1) is 15.4. The molecule has 5 nitrogen and oxygen atoms in total. The van der Waals surface area contributed by atoms with Crippen LogP contribution in [-0.4, -0.2) is 45.0 Å². The molecule has 0 unspecified atom stereocenters. The van der Waals surface area contributed by atoms with Crippen LogP contribution in [0.2, 0.25) is 0 Å². The van der Waals surface area contributed by atoms with Crippen molar-refractivity contribution < 1.29 is 18.0 Å². The molecule has 1 heterocycles. The third kappa shape index (κ3) is 4.85. The summed E-state index contributed by atoms with van der Waals surface area (Å²) >= 11 is 2.95. The second-order valence-electron chi connectivity index (χ2n) is 4.69. The highest BCUT2D eigenvalue weighted by molar-refractivity contribution is 9.06. The Labute approximate surface area is 128 Å². The van der Waals surface area contributed by atoms with Crippen LogP contribution in [0, 0.1) is 0 Å². The van der Waals surface area contributed by atoms with E-state index in [1.807, 2.05) is 18.2 Å². The van der Waals surface area contributed by atoms with Crippen LogP contribution < -0.4 is 14.2 Å². The number of unbranched alkanes of at least 4 members (excludes halogenated alkanes) is 1. The number of ether oxygens (including phenoxy) is 3. The molecule has 6 heteroatoms. The summed E-state index contributed by atoms with van der Waals surface area (Å²) in [6, 6.07) is 5.65. The lowest BCUT2D eigenvalue weighted by Crippen LogP contribution is -2.25. The molecule has 0 saturated heterocycles. The van der Waals surface area contributed by atoms with Crippen molar-refractivity contribution in [2.45, 2.75) is 12.8 Å². The zero-order chi connectivity index (χ0) is 14.2. The van der Waals surface area contributed by atoms with Gasteiger partial charge in [-0.15, -0.1) is 0 Å². The Morgan fingerprint density at radius 1 is 1.15 bits per heavy atom. The first-order chi connectivity index (χ1) is 9.79. The summed E-state index contributed by atoms with van der Waals surface area (Å²) in [5.74, 6) is 2.35. The molecule has 1 aromatic rings. The first-order valence-electron chi connectivity index (χ1n) is 6.74. The van der Waals surface area contributed by atoms with Gasteiger partial charge in [-0.1, -0.05) is 0 Å². The Hall–Kier alpha value is -0.980. The van der Waals surface area contributed by atoms with Gasteiger partial charge in [0.1, 0.15) is 12.4 Å². The number of halogens is 1. The van der Waals surface area contributed by atoms with Crippen LogP contribution in [0.4, 0.5) is 0 Å². The molecule has 0 radical (unpaired) electrons. The fraction of sp³-hybridized carbons (Fsp3) is 0.571. The third-order valence-electron chi connectivity index (χ3n) is 3.10. The van der Waals surface area contributed by atoms with Gasteiger partial charge >= 0.3 is 0 Å². The molecular weight excluding hydrogens is 326 g/mol. The maximum Gasteiger partial charge on any atom is 0.231 e. The van der Waals surface area contributed by atoms with Gasteiger partial charge in [-0.25, -0.2) is 0 Å². The van der Waals surface area contributed by atoms with Crippen molar-refractivity contribution in [3.05, 3.63) is 18.2 Å². The summed E-state index contributed by atoms with van der Waals surface area (Å²) in [4.78, 5) is 2.25. The van der Waals surface area contributed by atoms with E-state index in [0.717, 1.165) is 49.8 Å². The minimum Gasteiger partial charge on any atom is -0.492 e. The predicted molar refractivity (Wildman–Crippen MR) is 79.7 cm³/mol. The van der Waals surface area contributed by atoms with Crippen molar-refractivity contribution in [2.75, 3.05) is 40.1 Å². The zero-order valence-corrected chi connectivity index (χ0v) is 13.2. The summed E-state index contributed by atoms with van der Waals surface area (Å²) < 4.78 is 21.1. The van der Waals surface area contributed by atoms with Gasteiger partial charge in [0.2, 0.25) is 6.79 Å². The smallest absolute Gasteiger partial charge is 0.231 e. The topological polar surface area (TPSA) is 40.2 Å². The molecule has 112 valence electrons. The molecule has 0 aliphatic carbocycles. The molecule has 20 heavy (non-hydrogen) atoms. The average molecular weight is 346 g/mol. The highest BCUT2D eigenvalue weighted by Gasteiger charge is 2.13. The van der Waals surface area contributed by atoms with Gasteiger partial charge in [0.15, 0.2) is 11.5 Å². The number of hydrogen-bond acceptors (Lipinski definition) is 5. The van der Waals surface area contributed by atoms with E-state index in [4.69, 9.17) is 18.0 Å². The summed E-state index contributed by atoms with van der Waals surface area (Å²) in [5, 5.41) is 0. The largest absolute Gasteiger partial charge is 0.492 e. The van der Waals surface area contributed by atoms with E-state index >= 15 is 0 Å². The maximum atomic E-state index is 5.72. The molecule has 1 aliphatic rings. The van der Waals surface area contributed by atoms with Crippen molar-refractivity contribution in [3.8, 4) is 17.2 Å². The minimum absolute atomic E-state index is 0.291. The van der Waals surface area contributed by atoms with Gasteiger partial charge in [0.25, 0.3) is 0 Å². The highest BCUT2D eigenvalue weighted by Crippen LogP contribution is 2.34. The summed E-state index contributed by atoms with van der Waals surface area (Å²) in [6.07, 6.45) is 2.17. The van der Waals surface area contributed by atoms with Crippen molar-refractivity contribution in [3.63, 3.8) is 0 Å². The van der Waals surface area contributed by atoms with E-state index in [0.29, 0.717) is 13.4 Å². The number of likely N-dealkylation sites (N-methyl/N-ethyl adjacent to an activating group) is 1. The summed E-state index contributed by atoms with van der Waals surface area (Å²) in [7, 11) is 2.10. The Morgan fingerprint density at radius 2 is 2.00 bits per heavy atom. The van der Waals surface area contributed by atoms with Gasteiger partial charge in [0.05, 0.1) is 22.9 Å². The van der Waals surface area contributed by atoms with Crippen molar-refractivity contribution in [1.82, 2.24) is 4.90 Å².